The van der Waals surface area contributed by atoms with Gasteiger partial charge >= 0.3 is 0 Å². The van der Waals surface area contributed by atoms with Gasteiger partial charge in [-0.05, 0) is 29.8 Å². The first-order valence-electron chi connectivity index (χ1n) is 9.36. The van der Waals surface area contributed by atoms with Crippen molar-refractivity contribution < 1.29 is 19.0 Å². The van der Waals surface area contributed by atoms with Gasteiger partial charge < -0.3 is 24.4 Å². The molecule has 1 fully saturated rings. The van der Waals surface area contributed by atoms with Crippen molar-refractivity contribution in [3.8, 4) is 11.5 Å². The van der Waals surface area contributed by atoms with E-state index in [2.05, 4.69) is 15.2 Å². The molecule has 1 amide bonds. The standard InChI is InChI=1S/C20H22ClN3O4/c21-16-10-14(11-18-19(16)28-7-1-6-27-18)13-23-20(25)17-12-15(2-3-22-17)24-4-8-26-9-5-24/h2-3,10-12H,1,4-9,13H2,(H,23,25). The average Bonchev–Trinajstić information content (AvgIpc) is 2.99. The third-order valence-corrected chi connectivity index (χ3v) is 4.95. The molecule has 1 aromatic carbocycles. The molecule has 28 heavy (non-hydrogen) atoms. The molecule has 0 saturated carbocycles. The molecule has 7 nitrogen and oxygen atoms in total. The number of nitrogens with zero attached hydrogens (tertiary/aromatic N) is 2. The van der Waals surface area contributed by atoms with Crippen molar-refractivity contribution in [3.63, 3.8) is 0 Å². The normalized spacial score (nSPS) is 16.4. The molecule has 148 valence electrons. The van der Waals surface area contributed by atoms with Gasteiger partial charge in [0.2, 0.25) is 0 Å². The first-order chi connectivity index (χ1) is 13.7. The summed E-state index contributed by atoms with van der Waals surface area (Å²) in [4.78, 5) is 19.0. The van der Waals surface area contributed by atoms with Crippen molar-refractivity contribution in [3.05, 3.63) is 46.7 Å². The minimum atomic E-state index is -0.238. The molecule has 1 N–H and O–H groups in total. The Balaban J connectivity index is 1.43. The summed E-state index contributed by atoms with van der Waals surface area (Å²) < 4.78 is 16.7. The van der Waals surface area contributed by atoms with Crippen LogP contribution < -0.4 is 19.7 Å². The number of ether oxygens (including phenoxy) is 3. The topological polar surface area (TPSA) is 72.9 Å². The molecule has 2 aromatic rings. The zero-order chi connectivity index (χ0) is 19.3. The van der Waals surface area contributed by atoms with Crippen molar-refractivity contribution >= 4 is 23.2 Å². The Morgan fingerprint density at radius 3 is 2.82 bits per heavy atom. The molecule has 1 saturated heterocycles. The van der Waals surface area contributed by atoms with Crippen LogP contribution in [0.1, 0.15) is 22.5 Å². The summed E-state index contributed by atoms with van der Waals surface area (Å²) in [6.45, 7) is 4.47. The van der Waals surface area contributed by atoms with Crippen molar-refractivity contribution in [2.75, 3.05) is 44.4 Å². The Labute approximate surface area is 168 Å². The summed E-state index contributed by atoms with van der Waals surface area (Å²) in [5.74, 6) is 0.939. The number of fused-ring (bicyclic) bond motifs is 1. The van der Waals surface area contributed by atoms with E-state index in [1.807, 2.05) is 18.2 Å². The molecule has 0 spiro atoms. The number of rotatable bonds is 4. The van der Waals surface area contributed by atoms with Crippen molar-refractivity contribution in [1.82, 2.24) is 10.3 Å². The zero-order valence-electron chi connectivity index (χ0n) is 15.4. The smallest absolute Gasteiger partial charge is 0.270 e. The van der Waals surface area contributed by atoms with Crippen LogP contribution in [0.4, 0.5) is 5.69 Å². The highest BCUT2D eigenvalue weighted by Crippen LogP contribution is 2.37. The lowest BCUT2D eigenvalue weighted by molar-refractivity contribution is 0.0946. The minimum absolute atomic E-state index is 0.238. The van der Waals surface area contributed by atoms with E-state index in [0.29, 0.717) is 55.2 Å². The van der Waals surface area contributed by atoms with Crippen LogP contribution in [0.3, 0.4) is 0 Å². The molecule has 3 heterocycles. The highest BCUT2D eigenvalue weighted by atomic mass is 35.5. The monoisotopic (exact) mass is 403 g/mol. The minimum Gasteiger partial charge on any atom is -0.489 e. The number of halogens is 1. The molecule has 0 aliphatic carbocycles. The fraction of sp³-hybridized carbons (Fsp3) is 0.400. The number of aromatic nitrogens is 1. The van der Waals surface area contributed by atoms with E-state index in [0.717, 1.165) is 30.8 Å². The second-order valence-corrected chi connectivity index (χ2v) is 7.04. The zero-order valence-corrected chi connectivity index (χ0v) is 16.2. The van der Waals surface area contributed by atoms with Crippen molar-refractivity contribution in [2.45, 2.75) is 13.0 Å². The Kier molecular flexibility index (Phi) is 5.83. The van der Waals surface area contributed by atoms with Gasteiger partial charge in [0.05, 0.1) is 31.5 Å². The van der Waals surface area contributed by atoms with Crippen LogP contribution in [-0.4, -0.2) is 50.4 Å². The summed E-state index contributed by atoms with van der Waals surface area (Å²) in [6.07, 6.45) is 2.46. The molecule has 2 aliphatic heterocycles. The number of carbonyl (C=O) groups is 1. The summed E-state index contributed by atoms with van der Waals surface area (Å²) in [6, 6.07) is 7.35. The van der Waals surface area contributed by atoms with E-state index in [-0.39, 0.29) is 5.91 Å². The van der Waals surface area contributed by atoms with E-state index in [9.17, 15) is 4.79 Å². The lowest BCUT2D eigenvalue weighted by atomic mass is 10.2. The summed E-state index contributed by atoms with van der Waals surface area (Å²) in [7, 11) is 0. The van der Waals surface area contributed by atoms with E-state index in [1.165, 1.54) is 0 Å². The fourth-order valence-corrected chi connectivity index (χ4v) is 3.51. The molecule has 0 bridgehead atoms. The fourth-order valence-electron chi connectivity index (χ4n) is 3.22. The number of morpholine rings is 1. The predicted octanol–water partition coefficient (Wildman–Crippen LogP) is 2.66. The van der Waals surface area contributed by atoms with Crippen LogP contribution >= 0.6 is 11.6 Å². The molecule has 0 atom stereocenters. The number of anilines is 1. The quantitative estimate of drug-likeness (QED) is 0.846. The molecule has 4 rings (SSSR count). The highest BCUT2D eigenvalue weighted by molar-refractivity contribution is 6.32. The molecule has 8 heteroatoms. The molecule has 1 aromatic heterocycles. The van der Waals surface area contributed by atoms with Gasteiger partial charge in [0, 0.05) is 37.9 Å². The number of hydrogen-bond donors (Lipinski definition) is 1. The van der Waals surface area contributed by atoms with Crippen LogP contribution in [0.25, 0.3) is 0 Å². The average molecular weight is 404 g/mol. The van der Waals surface area contributed by atoms with E-state index in [1.54, 1.807) is 12.3 Å². The van der Waals surface area contributed by atoms with Gasteiger partial charge in [-0.25, -0.2) is 0 Å². The van der Waals surface area contributed by atoms with Gasteiger partial charge in [0.15, 0.2) is 11.5 Å². The predicted molar refractivity (Wildman–Crippen MR) is 105 cm³/mol. The van der Waals surface area contributed by atoms with Gasteiger partial charge in [-0.2, -0.15) is 0 Å². The number of hydrogen-bond acceptors (Lipinski definition) is 6. The van der Waals surface area contributed by atoms with Crippen LogP contribution in [0.5, 0.6) is 11.5 Å². The Bertz CT molecular complexity index is 855. The second kappa shape index (κ2) is 8.67. The summed E-state index contributed by atoms with van der Waals surface area (Å²) >= 11 is 6.31. The van der Waals surface area contributed by atoms with Crippen LogP contribution in [0.15, 0.2) is 30.5 Å². The number of pyridine rings is 1. The van der Waals surface area contributed by atoms with Gasteiger partial charge in [0.25, 0.3) is 5.91 Å². The number of nitrogens with one attached hydrogen (secondary N) is 1. The summed E-state index contributed by atoms with van der Waals surface area (Å²) in [5, 5.41) is 3.38. The molecular formula is C20H22ClN3O4. The molecular weight excluding hydrogens is 382 g/mol. The first-order valence-corrected chi connectivity index (χ1v) is 9.73. The lowest BCUT2D eigenvalue weighted by Gasteiger charge is -2.28. The maximum absolute atomic E-state index is 12.6. The van der Waals surface area contributed by atoms with E-state index < -0.39 is 0 Å². The van der Waals surface area contributed by atoms with Gasteiger partial charge in [-0.1, -0.05) is 11.6 Å². The second-order valence-electron chi connectivity index (χ2n) is 6.64. The largest absolute Gasteiger partial charge is 0.489 e. The van der Waals surface area contributed by atoms with E-state index >= 15 is 0 Å². The van der Waals surface area contributed by atoms with Gasteiger partial charge in [-0.3, -0.25) is 9.78 Å². The summed E-state index contributed by atoms with van der Waals surface area (Å²) in [5.41, 5.74) is 2.19. The lowest BCUT2D eigenvalue weighted by Crippen LogP contribution is -2.36. The first kappa shape index (κ1) is 18.8. The third kappa shape index (κ3) is 4.31. The molecule has 0 unspecified atom stereocenters. The molecule has 0 radical (unpaired) electrons. The Morgan fingerprint density at radius 2 is 1.96 bits per heavy atom. The highest BCUT2D eigenvalue weighted by Gasteiger charge is 2.17. The van der Waals surface area contributed by atoms with E-state index in [4.69, 9.17) is 25.8 Å². The van der Waals surface area contributed by atoms with Crippen LogP contribution in [0.2, 0.25) is 5.02 Å². The maximum atomic E-state index is 12.6. The third-order valence-electron chi connectivity index (χ3n) is 4.67. The van der Waals surface area contributed by atoms with Crippen LogP contribution in [0, 0.1) is 0 Å². The number of carbonyl (C=O) groups excluding carboxylic acids is 1. The Morgan fingerprint density at radius 1 is 1.14 bits per heavy atom. The number of amides is 1. The SMILES string of the molecule is O=C(NCc1cc(Cl)c2c(c1)OCCCO2)c1cc(N2CCOCC2)ccn1. The van der Waals surface area contributed by atoms with Crippen LogP contribution in [-0.2, 0) is 11.3 Å². The van der Waals surface area contributed by atoms with Gasteiger partial charge in [-0.15, -0.1) is 0 Å². The van der Waals surface area contributed by atoms with Crippen molar-refractivity contribution in [1.29, 1.82) is 0 Å². The number of benzene rings is 1. The van der Waals surface area contributed by atoms with Gasteiger partial charge in [0.1, 0.15) is 5.69 Å². The maximum Gasteiger partial charge on any atom is 0.270 e. The van der Waals surface area contributed by atoms with Crippen molar-refractivity contribution in [2.24, 2.45) is 0 Å². The Hall–Kier alpha value is -2.51. The molecule has 2 aliphatic rings.